The third-order valence-corrected chi connectivity index (χ3v) is 5.49. The lowest BCUT2D eigenvalue weighted by Crippen LogP contribution is -2.29. The molecular weight excluding hydrogens is 390 g/mol. The molecule has 0 aromatic carbocycles. The second-order valence-electron chi connectivity index (χ2n) is 7.57. The van der Waals surface area contributed by atoms with Crippen molar-refractivity contribution in [3.8, 4) is 22.5 Å². The molecule has 9 nitrogen and oxygen atoms in total. The second kappa shape index (κ2) is 8.65. The lowest BCUT2D eigenvalue weighted by Gasteiger charge is -2.22. The van der Waals surface area contributed by atoms with Crippen molar-refractivity contribution < 1.29 is 0 Å². The number of piperidine rings is 1. The van der Waals surface area contributed by atoms with Crippen molar-refractivity contribution >= 4 is 11.6 Å². The predicted octanol–water partition coefficient (Wildman–Crippen LogP) is 3.29. The van der Waals surface area contributed by atoms with Gasteiger partial charge in [-0.15, -0.1) is 0 Å². The second-order valence-corrected chi connectivity index (χ2v) is 7.57. The van der Waals surface area contributed by atoms with Crippen molar-refractivity contribution in [2.45, 2.75) is 32.4 Å². The van der Waals surface area contributed by atoms with E-state index < -0.39 is 0 Å². The summed E-state index contributed by atoms with van der Waals surface area (Å²) in [4.78, 5) is 13.4. The molecule has 0 radical (unpaired) electrons. The maximum atomic E-state index is 4.75. The number of aryl methyl sites for hydroxylation is 1. The Bertz CT molecular complexity index is 1140. The average molecular weight is 416 g/mol. The zero-order valence-corrected chi connectivity index (χ0v) is 17.4. The molecule has 1 saturated heterocycles. The molecule has 1 aliphatic rings. The van der Waals surface area contributed by atoms with Crippen LogP contribution in [-0.2, 0) is 6.54 Å². The standard InChI is InChI=1S/C22H25N9/c1-2-30-15-19(21(29-30)16-4-3-8-24-12-16)20-7-11-25-22(28-20)27-17-13-26-31(14-17)18-5-9-23-10-6-18/h3-4,7-8,11-15,18,23H,2,5-6,9-10H2,1H3,(H,25,27,28). The van der Waals surface area contributed by atoms with Crippen LogP contribution < -0.4 is 10.6 Å². The maximum Gasteiger partial charge on any atom is 0.227 e. The molecule has 158 valence electrons. The molecule has 0 amide bonds. The summed E-state index contributed by atoms with van der Waals surface area (Å²) < 4.78 is 3.95. The van der Waals surface area contributed by atoms with Crippen LogP contribution in [0.1, 0.15) is 25.8 Å². The van der Waals surface area contributed by atoms with E-state index >= 15 is 0 Å². The Morgan fingerprint density at radius 3 is 2.84 bits per heavy atom. The van der Waals surface area contributed by atoms with Gasteiger partial charge >= 0.3 is 0 Å². The first kappa shape index (κ1) is 19.4. The van der Waals surface area contributed by atoms with Gasteiger partial charge in [-0.1, -0.05) is 0 Å². The molecule has 0 bridgehead atoms. The van der Waals surface area contributed by atoms with Crippen molar-refractivity contribution in [1.29, 1.82) is 0 Å². The number of pyridine rings is 1. The van der Waals surface area contributed by atoms with Crippen molar-refractivity contribution in [3.05, 3.63) is 55.4 Å². The van der Waals surface area contributed by atoms with Gasteiger partial charge in [0.15, 0.2) is 0 Å². The van der Waals surface area contributed by atoms with E-state index in [0.29, 0.717) is 12.0 Å². The van der Waals surface area contributed by atoms with Gasteiger partial charge in [0.05, 0.1) is 23.6 Å². The highest BCUT2D eigenvalue weighted by atomic mass is 15.3. The molecule has 0 saturated carbocycles. The number of nitrogens with one attached hydrogen (secondary N) is 2. The van der Waals surface area contributed by atoms with Crippen molar-refractivity contribution in [2.75, 3.05) is 18.4 Å². The summed E-state index contributed by atoms with van der Waals surface area (Å²) >= 11 is 0. The molecule has 4 aromatic rings. The van der Waals surface area contributed by atoms with Gasteiger partial charge in [0.25, 0.3) is 0 Å². The maximum absolute atomic E-state index is 4.75. The monoisotopic (exact) mass is 415 g/mol. The van der Waals surface area contributed by atoms with E-state index in [1.165, 1.54) is 0 Å². The number of hydrogen-bond donors (Lipinski definition) is 2. The lowest BCUT2D eigenvalue weighted by atomic mass is 10.1. The fourth-order valence-corrected chi connectivity index (χ4v) is 3.86. The fraction of sp³-hybridized carbons (Fsp3) is 0.318. The number of rotatable bonds is 6. The smallest absolute Gasteiger partial charge is 0.227 e. The van der Waals surface area contributed by atoms with Crippen LogP contribution in [0.5, 0.6) is 0 Å². The predicted molar refractivity (Wildman–Crippen MR) is 119 cm³/mol. The normalized spacial score (nSPS) is 14.6. The Morgan fingerprint density at radius 1 is 1.13 bits per heavy atom. The Labute approximate surface area is 180 Å². The fourth-order valence-electron chi connectivity index (χ4n) is 3.86. The van der Waals surface area contributed by atoms with Crippen molar-refractivity contribution in [2.24, 2.45) is 0 Å². The van der Waals surface area contributed by atoms with Gasteiger partial charge in [-0.2, -0.15) is 10.2 Å². The molecule has 1 fully saturated rings. The summed E-state index contributed by atoms with van der Waals surface area (Å²) in [7, 11) is 0. The summed E-state index contributed by atoms with van der Waals surface area (Å²) in [5, 5.41) is 15.9. The zero-order valence-electron chi connectivity index (χ0n) is 17.4. The quantitative estimate of drug-likeness (QED) is 0.499. The van der Waals surface area contributed by atoms with Crippen LogP contribution in [0.25, 0.3) is 22.5 Å². The minimum atomic E-state index is 0.436. The summed E-state index contributed by atoms with van der Waals surface area (Å²) in [5.41, 5.74) is 4.46. The van der Waals surface area contributed by atoms with Gasteiger partial charge < -0.3 is 10.6 Å². The Balaban J connectivity index is 1.41. The summed E-state index contributed by atoms with van der Waals surface area (Å²) in [5.74, 6) is 0.531. The van der Waals surface area contributed by atoms with Crippen LogP contribution in [0.4, 0.5) is 11.6 Å². The van der Waals surface area contributed by atoms with Gasteiger partial charge in [-0.3, -0.25) is 14.3 Å². The van der Waals surface area contributed by atoms with Crippen LogP contribution in [0, 0.1) is 0 Å². The minimum Gasteiger partial charge on any atom is -0.321 e. The van der Waals surface area contributed by atoms with Crippen LogP contribution in [0.2, 0.25) is 0 Å². The largest absolute Gasteiger partial charge is 0.321 e. The zero-order chi connectivity index (χ0) is 21.0. The van der Waals surface area contributed by atoms with E-state index in [4.69, 9.17) is 10.1 Å². The number of aromatic nitrogens is 7. The highest BCUT2D eigenvalue weighted by Crippen LogP contribution is 2.30. The highest BCUT2D eigenvalue weighted by Gasteiger charge is 2.17. The van der Waals surface area contributed by atoms with Gasteiger partial charge in [-0.05, 0) is 51.1 Å². The number of anilines is 2. The average Bonchev–Trinajstić information content (AvgIpc) is 3.48. The van der Waals surface area contributed by atoms with Crippen molar-refractivity contribution in [3.63, 3.8) is 0 Å². The van der Waals surface area contributed by atoms with Crippen molar-refractivity contribution in [1.82, 2.24) is 39.8 Å². The van der Waals surface area contributed by atoms with E-state index in [2.05, 4.69) is 32.6 Å². The summed E-state index contributed by atoms with van der Waals surface area (Å²) in [6.45, 7) is 4.91. The lowest BCUT2D eigenvalue weighted by molar-refractivity contribution is 0.343. The SMILES string of the molecule is CCn1cc(-c2ccnc(Nc3cnn(C4CCNCC4)c3)n2)c(-c2cccnc2)n1. The van der Waals surface area contributed by atoms with Crippen LogP contribution in [0.3, 0.4) is 0 Å². The highest BCUT2D eigenvalue weighted by molar-refractivity contribution is 5.78. The number of nitrogens with zero attached hydrogens (tertiary/aromatic N) is 7. The Hall–Kier alpha value is -3.59. The van der Waals surface area contributed by atoms with Crippen LogP contribution in [-0.4, -0.2) is 47.6 Å². The molecule has 5 heterocycles. The molecule has 9 heteroatoms. The Morgan fingerprint density at radius 2 is 2.03 bits per heavy atom. The molecule has 4 aromatic heterocycles. The molecule has 0 aliphatic carbocycles. The first-order valence-corrected chi connectivity index (χ1v) is 10.6. The molecule has 2 N–H and O–H groups in total. The van der Waals surface area contributed by atoms with E-state index in [1.807, 2.05) is 52.4 Å². The van der Waals surface area contributed by atoms with Gasteiger partial charge in [0.2, 0.25) is 5.95 Å². The molecule has 0 unspecified atom stereocenters. The van der Waals surface area contributed by atoms with E-state index in [1.54, 1.807) is 12.4 Å². The van der Waals surface area contributed by atoms with Crippen LogP contribution in [0.15, 0.2) is 55.4 Å². The Kier molecular flexibility index (Phi) is 5.40. The third kappa shape index (κ3) is 4.17. The van der Waals surface area contributed by atoms with E-state index in [0.717, 1.165) is 60.7 Å². The van der Waals surface area contributed by atoms with E-state index in [-0.39, 0.29) is 0 Å². The molecule has 0 atom stereocenters. The summed E-state index contributed by atoms with van der Waals surface area (Å²) in [6, 6.07) is 6.26. The van der Waals surface area contributed by atoms with E-state index in [9.17, 15) is 0 Å². The minimum absolute atomic E-state index is 0.436. The molecule has 1 aliphatic heterocycles. The summed E-state index contributed by atoms with van der Waals surface area (Å²) in [6.07, 6.45) is 13.4. The van der Waals surface area contributed by atoms with Gasteiger partial charge in [0.1, 0.15) is 5.69 Å². The first-order valence-electron chi connectivity index (χ1n) is 10.6. The molecule has 5 rings (SSSR count). The number of hydrogen-bond acceptors (Lipinski definition) is 7. The first-order chi connectivity index (χ1) is 15.3. The molecule has 31 heavy (non-hydrogen) atoms. The molecule has 0 spiro atoms. The topological polar surface area (TPSA) is 98.4 Å². The van der Waals surface area contributed by atoms with Gasteiger partial charge in [-0.25, -0.2) is 9.97 Å². The third-order valence-electron chi connectivity index (χ3n) is 5.49. The van der Waals surface area contributed by atoms with Crippen LogP contribution >= 0.6 is 0 Å². The molecular formula is C22H25N9. The van der Waals surface area contributed by atoms with Gasteiger partial charge in [0, 0.05) is 48.7 Å².